The number of aromatic nitrogens is 3. The molecule has 1 N–H and O–H groups in total. The molecule has 5 nitrogen and oxygen atoms in total. The molecule has 0 radical (unpaired) electrons. The van der Waals surface area contributed by atoms with Crippen LogP contribution in [0.3, 0.4) is 0 Å². The standard InChI is InChI=1S/C11H10ClN3O2/c1-6-9(11(17)15(2)14-6)10(16)8-4-3-7(12)5-13-8/h3-5,14H,1-2H3. The third-order valence-electron chi connectivity index (χ3n) is 2.42. The van der Waals surface area contributed by atoms with E-state index in [-0.39, 0.29) is 16.8 Å². The molecule has 88 valence electrons. The molecule has 0 saturated heterocycles. The Kier molecular flexibility index (Phi) is 2.85. The highest BCUT2D eigenvalue weighted by molar-refractivity contribution is 6.30. The third kappa shape index (κ3) is 2.01. The largest absolute Gasteiger partial charge is 0.299 e. The zero-order valence-electron chi connectivity index (χ0n) is 9.32. The molecule has 0 aliphatic heterocycles. The number of carbonyl (C=O) groups is 1. The number of aromatic amines is 1. The average Bonchev–Trinajstić information content (AvgIpc) is 2.53. The molecule has 0 unspecified atom stereocenters. The first kappa shape index (κ1) is 11.6. The number of nitrogens with zero attached hydrogens (tertiary/aromatic N) is 2. The van der Waals surface area contributed by atoms with E-state index in [2.05, 4.69) is 10.1 Å². The predicted octanol–water partition coefficient (Wildman–Crippen LogP) is 1.30. The highest BCUT2D eigenvalue weighted by Gasteiger charge is 2.19. The molecule has 0 aliphatic rings. The average molecular weight is 252 g/mol. The lowest BCUT2D eigenvalue weighted by molar-refractivity contribution is 0.103. The normalized spacial score (nSPS) is 10.5. The Hall–Kier alpha value is -1.88. The lowest BCUT2D eigenvalue weighted by atomic mass is 10.1. The fourth-order valence-electron chi connectivity index (χ4n) is 1.59. The van der Waals surface area contributed by atoms with Crippen LogP contribution in [0.15, 0.2) is 23.1 Å². The van der Waals surface area contributed by atoms with Gasteiger partial charge in [-0.3, -0.25) is 24.4 Å². The van der Waals surface area contributed by atoms with Gasteiger partial charge < -0.3 is 0 Å². The van der Waals surface area contributed by atoms with Gasteiger partial charge in [-0.25, -0.2) is 0 Å². The molecule has 0 fully saturated rings. The number of hydrogen-bond donors (Lipinski definition) is 1. The maximum absolute atomic E-state index is 12.1. The molecule has 6 heteroatoms. The number of nitrogens with one attached hydrogen (secondary N) is 1. The fraction of sp³-hybridized carbons (Fsp3) is 0.182. The Labute approximate surface area is 102 Å². The predicted molar refractivity (Wildman–Crippen MR) is 63.5 cm³/mol. The summed E-state index contributed by atoms with van der Waals surface area (Å²) in [6.07, 6.45) is 1.38. The molecule has 0 aliphatic carbocycles. The minimum atomic E-state index is -0.402. The first-order chi connectivity index (χ1) is 8.00. The zero-order chi connectivity index (χ0) is 12.6. The summed E-state index contributed by atoms with van der Waals surface area (Å²) in [5, 5.41) is 3.21. The molecule has 0 spiro atoms. The summed E-state index contributed by atoms with van der Waals surface area (Å²) >= 11 is 5.68. The van der Waals surface area contributed by atoms with E-state index in [0.29, 0.717) is 10.7 Å². The van der Waals surface area contributed by atoms with Crippen LogP contribution in [0, 0.1) is 6.92 Å². The van der Waals surface area contributed by atoms with Gasteiger partial charge in [-0.15, -0.1) is 0 Å². The highest BCUT2D eigenvalue weighted by atomic mass is 35.5. The van der Waals surface area contributed by atoms with Crippen LogP contribution in [0.4, 0.5) is 0 Å². The van der Waals surface area contributed by atoms with Gasteiger partial charge in [0.1, 0.15) is 11.3 Å². The summed E-state index contributed by atoms with van der Waals surface area (Å²) < 4.78 is 1.26. The van der Waals surface area contributed by atoms with Crippen LogP contribution < -0.4 is 5.56 Å². The monoisotopic (exact) mass is 251 g/mol. The minimum Gasteiger partial charge on any atom is -0.299 e. The summed E-state index contributed by atoms with van der Waals surface area (Å²) in [6.45, 7) is 1.67. The number of aryl methyl sites for hydroxylation is 2. The van der Waals surface area contributed by atoms with E-state index < -0.39 is 5.78 Å². The maximum Gasteiger partial charge on any atom is 0.277 e. The van der Waals surface area contributed by atoms with Crippen molar-refractivity contribution in [1.29, 1.82) is 0 Å². The lowest BCUT2D eigenvalue weighted by Crippen LogP contribution is -2.20. The second-order valence-corrected chi connectivity index (χ2v) is 4.10. The molecular formula is C11H10ClN3O2. The molecule has 0 atom stereocenters. The first-order valence-corrected chi connectivity index (χ1v) is 5.30. The van der Waals surface area contributed by atoms with Gasteiger partial charge in [0.25, 0.3) is 5.56 Å². The van der Waals surface area contributed by atoms with Crippen molar-refractivity contribution >= 4 is 17.4 Å². The van der Waals surface area contributed by atoms with Gasteiger partial charge >= 0.3 is 0 Å². The second-order valence-electron chi connectivity index (χ2n) is 3.67. The molecule has 0 bridgehead atoms. The van der Waals surface area contributed by atoms with Gasteiger partial charge in [-0.1, -0.05) is 11.6 Å². The van der Waals surface area contributed by atoms with Crippen molar-refractivity contribution in [3.05, 3.63) is 50.7 Å². The third-order valence-corrected chi connectivity index (χ3v) is 2.64. The number of pyridine rings is 1. The van der Waals surface area contributed by atoms with Crippen molar-refractivity contribution in [2.45, 2.75) is 6.92 Å². The smallest absolute Gasteiger partial charge is 0.277 e. The van der Waals surface area contributed by atoms with Gasteiger partial charge in [0.15, 0.2) is 0 Å². The van der Waals surface area contributed by atoms with Crippen molar-refractivity contribution in [3.63, 3.8) is 0 Å². The molecule has 0 amide bonds. The van der Waals surface area contributed by atoms with Gasteiger partial charge in [0, 0.05) is 18.9 Å². The Morgan fingerprint density at radius 3 is 2.65 bits per heavy atom. The van der Waals surface area contributed by atoms with Gasteiger partial charge in [-0.2, -0.15) is 0 Å². The van der Waals surface area contributed by atoms with E-state index >= 15 is 0 Å². The minimum absolute atomic E-state index is 0.113. The van der Waals surface area contributed by atoms with Crippen molar-refractivity contribution in [2.75, 3.05) is 0 Å². The molecular weight excluding hydrogens is 242 g/mol. The summed E-state index contributed by atoms with van der Waals surface area (Å²) in [5.74, 6) is -0.402. The van der Waals surface area contributed by atoms with E-state index in [4.69, 9.17) is 11.6 Å². The van der Waals surface area contributed by atoms with E-state index in [1.807, 2.05) is 0 Å². The van der Waals surface area contributed by atoms with Crippen molar-refractivity contribution < 1.29 is 4.79 Å². The topological polar surface area (TPSA) is 67.8 Å². The van der Waals surface area contributed by atoms with Crippen LogP contribution in [0.25, 0.3) is 0 Å². The van der Waals surface area contributed by atoms with E-state index in [1.54, 1.807) is 20.0 Å². The molecule has 17 heavy (non-hydrogen) atoms. The summed E-state index contributed by atoms with van der Waals surface area (Å²) in [6, 6.07) is 3.06. The molecule has 0 aromatic carbocycles. The van der Waals surface area contributed by atoms with Crippen molar-refractivity contribution in [3.8, 4) is 0 Å². The van der Waals surface area contributed by atoms with Crippen LogP contribution in [0.1, 0.15) is 21.7 Å². The van der Waals surface area contributed by atoms with Gasteiger partial charge in [0.05, 0.1) is 5.02 Å². The number of hydrogen-bond acceptors (Lipinski definition) is 3. The van der Waals surface area contributed by atoms with Crippen LogP contribution >= 0.6 is 11.6 Å². The Morgan fingerprint density at radius 1 is 1.47 bits per heavy atom. The van der Waals surface area contributed by atoms with Crippen molar-refractivity contribution in [1.82, 2.24) is 14.8 Å². The second kappa shape index (κ2) is 4.18. The summed E-state index contributed by atoms with van der Waals surface area (Å²) in [5.41, 5.74) is 0.486. The van der Waals surface area contributed by atoms with Crippen LogP contribution in [0.5, 0.6) is 0 Å². The molecule has 2 heterocycles. The Balaban J connectivity index is 2.51. The quantitative estimate of drug-likeness (QED) is 0.818. The number of rotatable bonds is 2. The lowest BCUT2D eigenvalue weighted by Gasteiger charge is -1.97. The van der Waals surface area contributed by atoms with Gasteiger partial charge in [-0.05, 0) is 19.1 Å². The fourth-order valence-corrected chi connectivity index (χ4v) is 1.70. The van der Waals surface area contributed by atoms with Crippen LogP contribution in [0.2, 0.25) is 5.02 Å². The number of halogens is 1. The van der Waals surface area contributed by atoms with E-state index in [1.165, 1.54) is 16.9 Å². The van der Waals surface area contributed by atoms with Gasteiger partial charge in [0.2, 0.25) is 5.78 Å². The number of H-pyrrole nitrogens is 1. The Morgan fingerprint density at radius 2 is 2.18 bits per heavy atom. The van der Waals surface area contributed by atoms with E-state index in [9.17, 15) is 9.59 Å². The summed E-state index contributed by atoms with van der Waals surface area (Å²) in [4.78, 5) is 27.7. The van der Waals surface area contributed by atoms with E-state index in [0.717, 1.165) is 0 Å². The van der Waals surface area contributed by atoms with Crippen LogP contribution in [-0.2, 0) is 7.05 Å². The summed E-state index contributed by atoms with van der Waals surface area (Å²) in [7, 11) is 1.56. The molecule has 2 rings (SSSR count). The van der Waals surface area contributed by atoms with Crippen molar-refractivity contribution in [2.24, 2.45) is 7.05 Å². The molecule has 2 aromatic rings. The first-order valence-electron chi connectivity index (χ1n) is 4.92. The van der Waals surface area contributed by atoms with Crippen LogP contribution in [-0.4, -0.2) is 20.5 Å². The maximum atomic E-state index is 12.1. The Bertz CT molecular complexity index is 625. The highest BCUT2D eigenvalue weighted by Crippen LogP contribution is 2.10. The zero-order valence-corrected chi connectivity index (χ0v) is 10.1. The number of ketones is 1. The number of carbonyl (C=O) groups excluding carboxylic acids is 1. The SMILES string of the molecule is Cc1[nH]n(C)c(=O)c1C(=O)c1ccc(Cl)cn1. The molecule has 2 aromatic heterocycles. The molecule has 0 saturated carbocycles.